The van der Waals surface area contributed by atoms with E-state index in [-0.39, 0.29) is 0 Å². The second-order valence-electron chi connectivity index (χ2n) is 3.63. The summed E-state index contributed by atoms with van der Waals surface area (Å²) in [5.74, 6) is 0. The van der Waals surface area contributed by atoms with Gasteiger partial charge in [0, 0.05) is 13.1 Å². The van der Waals surface area contributed by atoms with Gasteiger partial charge in [0.2, 0.25) is 0 Å². The van der Waals surface area contributed by atoms with Gasteiger partial charge in [-0.1, -0.05) is 35.9 Å². The minimum absolute atomic E-state index is 0.948. The van der Waals surface area contributed by atoms with Crippen LogP contribution in [0, 0.1) is 13.8 Å². The Morgan fingerprint density at radius 2 is 2.07 bits per heavy atom. The fraction of sp³-hybridized carbons (Fsp3) is 0.385. The Bertz CT molecular complexity index is 313. The second kappa shape index (κ2) is 5.61. The molecule has 0 saturated carbocycles. The number of hydrogen-bond donors (Lipinski definition) is 1. The summed E-state index contributed by atoms with van der Waals surface area (Å²) in [5, 5.41) is 3.38. The molecule has 0 aliphatic heterocycles. The molecule has 0 heterocycles. The van der Waals surface area contributed by atoms with Crippen LogP contribution < -0.4 is 5.32 Å². The number of benzene rings is 1. The van der Waals surface area contributed by atoms with Gasteiger partial charge >= 0.3 is 0 Å². The quantitative estimate of drug-likeness (QED) is 0.567. The van der Waals surface area contributed by atoms with Crippen LogP contribution in [0.15, 0.2) is 30.4 Å². The predicted molar refractivity (Wildman–Crippen MR) is 62.4 cm³/mol. The van der Waals surface area contributed by atoms with Crippen LogP contribution in [0.5, 0.6) is 0 Å². The van der Waals surface area contributed by atoms with E-state index in [0.29, 0.717) is 0 Å². The Balaban J connectivity index is 2.53. The third-order valence-electron chi connectivity index (χ3n) is 2.32. The number of hydrogen-bond acceptors (Lipinski definition) is 1. The third kappa shape index (κ3) is 3.35. The van der Waals surface area contributed by atoms with E-state index in [4.69, 9.17) is 0 Å². The van der Waals surface area contributed by atoms with Gasteiger partial charge in [0.05, 0.1) is 0 Å². The summed E-state index contributed by atoms with van der Waals surface area (Å²) in [7, 11) is 0. The van der Waals surface area contributed by atoms with E-state index in [9.17, 15) is 0 Å². The minimum Gasteiger partial charge on any atom is -0.309 e. The third-order valence-corrected chi connectivity index (χ3v) is 2.32. The molecule has 0 atom stereocenters. The average Bonchev–Trinajstić information content (AvgIpc) is 2.18. The summed E-state index contributed by atoms with van der Waals surface area (Å²) in [6, 6.07) is 6.59. The molecule has 1 nitrogen and oxygen atoms in total. The van der Waals surface area contributed by atoms with Crippen LogP contribution in [0.2, 0.25) is 0 Å². The summed E-state index contributed by atoms with van der Waals surface area (Å²) in [5.41, 5.74) is 4.09. The topological polar surface area (TPSA) is 12.0 Å². The molecule has 1 heteroatoms. The van der Waals surface area contributed by atoms with Crippen molar-refractivity contribution in [3.8, 4) is 0 Å². The molecule has 0 aliphatic rings. The van der Waals surface area contributed by atoms with E-state index >= 15 is 0 Å². The lowest BCUT2D eigenvalue weighted by atomic mass is 10.1. The highest BCUT2D eigenvalue weighted by atomic mass is 14.8. The van der Waals surface area contributed by atoms with Crippen molar-refractivity contribution in [2.45, 2.75) is 27.3 Å². The van der Waals surface area contributed by atoms with Gasteiger partial charge in [0.15, 0.2) is 0 Å². The van der Waals surface area contributed by atoms with Crippen LogP contribution in [0.1, 0.15) is 23.6 Å². The van der Waals surface area contributed by atoms with E-state index in [0.717, 1.165) is 13.1 Å². The van der Waals surface area contributed by atoms with Crippen molar-refractivity contribution in [2.75, 3.05) is 6.54 Å². The maximum Gasteiger partial charge on any atom is 0.0211 e. The van der Waals surface area contributed by atoms with E-state index in [2.05, 4.69) is 49.5 Å². The smallest absolute Gasteiger partial charge is 0.0211 e. The Labute approximate surface area is 86.8 Å². The van der Waals surface area contributed by atoms with E-state index < -0.39 is 0 Å². The molecule has 0 unspecified atom stereocenters. The summed E-state index contributed by atoms with van der Waals surface area (Å²) in [6.45, 7) is 8.24. The molecule has 14 heavy (non-hydrogen) atoms. The molecule has 0 bridgehead atoms. The fourth-order valence-electron chi connectivity index (χ4n) is 1.40. The number of nitrogens with one attached hydrogen (secondary N) is 1. The predicted octanol–water partition coefficient (Wildman–Crippen LogP) is 2.97. The molecule has 0 amide bonds. The maximum absolute atomic E-state index is 3.38. The molecular formula is C13H19N. The maximum atomic E-state index is 3.38. The van der Waals surface area contributed by atoms with Crippen molar-refractivity contribution in [3.63, 3.8) is 0 Å². The molecule has 0 aromatic heterocycles. The van der Waals surface area contributed by atoms with Crippen molar-refractivity contribution in [1.82, 2.24) is 5.32 Å². The number of allylic oxidation sites excluding steroid dienone is 1. The molecule has 0 saturated heterocycles. The van der Waals surface area contributed by atoms with Crippen LogP contribution in [0.3, 0.4) is 0 Å². The zero-order chi connectivity index (χ0) is 10.4. The first kappa shape index (κ1) is 11.0. The lowest BCUT2D eigenvalue weighted by molar-refractivity contribution is 0.754. The normalized spacial score (nSPS) is 11.1. The average molecular weight is 189 g/mol. The zero-order valence-electron chi connectivity index (χ0n) is 9.30. The van der Waals surface area contributed by atoms with Crippen molar-refractivity contribution in [3.05, 3.63) is 47.0 Å². The zero-order valence-corrected chi connectivity index (χ0v) is 9.30. The monoisotopic (exact) mass is 189 g/mol. The lowest BCUT2D eigenvalue weighted by Gasteiger charge is -2.07. The summed E-state index contributed by atoms with van der Waals surface area (Å²) in [6.07, 6.45) is 4.20. The highest BCUT2D eigenvalue weighted by Gasteiger charge is 1.96. The molecule has 1 rings (SSSR count). The Morgan fingerprint density at radius 3 is 2.79 bits per heavy atom. The van der Waals surface area contributed by atoms with Gasteiger partial charge in [-0.05, 0) is 31.9 Å². The van der Waals surface area contributed by atoms with Crippen LogP contribution in [-0.2, 0) is 6.54 Å². The number of aryl methyl sites for hydroxylation is 2. The highest BCUT2D eigenvalue weighted by Crippen LogP contribution is 2.09. The molecule has 0 fully saturated rings. The molecule has 1 aromatic carbocycles. The van der Waals surface area contributed by atoms with Gasteiger partial charge in [0.1, 0.15) is 0 Å². The van der Waals surface area contributed by atoms with Crippen LogP contribution in [0.4, 0.5) is 0 Å². The number of rotatable bonds is 4. The molecule has 76 valence electrons. The first-order valence-corrected chi connectivity index (χ1v) is 5.12. The summed E-state index contributed by atoms with van der Waals surface area (Å²) < 4.78 is 0. The Kier molecular flexibility index (Phi) is 4.41. The molecule has 1 N–H and O–H groups in total. The summed E-state index contributed by atoms with van der Waals surface area (Å²) >= 11 is 0. The van der Waals surface area contributed by atoms with E-state index in [1.54, 1.807) is 0 Å². The standard InChI is InChI=1S/C13H19N/c1-4-5-8-14-10-13-9-11(2)6-7-12(13)3/h4-7,9,14H,8,10H2,1-3H3/b5-4+. The van der Waals surface area contributed by atoms with Crippen molar-refractivity contribution < 1.29 is 0 Å². The first-order valence-electron chi connectivity index (χ1n) is 5.12. The molecule has 1 aromatic rings. The lowest BCUT2D eigenvalue weighted by Crippen LogP contribution is -2.13. The molecule has 0 aliphatic carbocycles. The summed E-state index contributed by atoms with van der Waals surface area (Å²) in [4.78, 5) is 0. The van der Waals surface area contributed by atoms with Crippen LogP contribution in [-0.4, -0.2) is 6.54 Å². The Hall–Kier alpha value is -1.08. The van der Waals surface area contributed by atoms with Gasteiger partial charge in [-0.2, -0.15) is 0 Å². The van der Waals surface area contributed by atoms with Crippen LogP contribution in [0.25, 0.3) is 0 Å². The molecule has 0 radical (unpaired) electrons. The van der Waals surface area contributed by atoms with E-state index in [1.165, 1.54) is 16.7 Å². The van der Waals surface area contributed by atoms with Gasteiger partial charge < -0.3 is 5.32 Å². The molecule has 0 spiro atoms. The largest absolute Gasteiger partial charge is 0.309 e. The molecular weight excluding hydrogens is 170 g/mol. The highest BCUT2D eigenvalue weighted by molar-refractivity contribution is 5.30. The van der Waals surface area contributed by atoms with Crippen LogP contribution >= 0.6 is 0 Å². The van der Waals surface area contributed by atoms with Gasteiger partial charge in [-0.25, -0.2) is 0 Å². The minimum atomic E-state index is 0.948. The SMILES string of the molecule is C/C=C/CNCc1cc(C)ccc1C. The fourth-order valence-corrected chi connectivity index (χ4v) is 1.40. The Morgan fingerprint density at radius 1 is 1.29 bits per heavy atom. The van der Waals surface area contributed by atoms with Gasteiger partial charge in [-0.15, -0.1) is 0 Å². The van der Waals surface area contributed by atoms with Crippen molar-refractivity contribution in [1.29, 1.82) is 0 Å². The second-order valence-corrected chi connectivity index (χ2v) is 3.63. The van der Waals surface area contributed by atoms with Crippen molar-refractivity contribution >= 4 is 0 Å². The van der Waals surface area contributed by atoms with E-state index in [1.807, 2.05) is 6.92 Å². The van der Waals surface area contributed by atoms with Gasteiger partial charge in [0.25, 0.3) is 0 Å². The van der Waals surface area contributed by atoms with Gasteiger partial charge in [-0.3, -0.25) is 0 Å². The first-order chi connectivity index (χ1) is 6.74. The van der Waals surface area contributed by atoms with Crippen molar-refractivity contribution in [2.24, 2.45) is 0 Å².